The minimum absolute atomic E-state index is 0.0582. The summed E-state index contributed by atoms with van der Waals surface area (Å²) in [7, 11) is 0. The van der Waals surface area contributed by atoms with Gasteiger partial charge in [0.25, 0.3) is 5.91 Å². The molecule has 104 valence electrons. The number of aryl methyl sites for hydroxylation is 1. The van der Waals surface area contributed by atoms with E-state index in [2.05, 4.69) is 14.9 Å². The standard InChI is InChI=1S/C13H13FN4OS/c1-7(11-8(2)18-20-12(11)15)16-17-13(19)9-5-3-4-6-10(9)14/h3-6H,15H2,1-2H3,(H,17,19)/b16-7-. The van der Waals surface area contributed by atoms with Gasteiger partial charge in [0.15, 0.2) is 0 Å². The molecule has 1 heterocycles. The molecule has 1 aromatic heterocycles. The summed E-state index contributed by atoms with van der Waals surface area (Å²) in [5.41, 5.74) is 10.0. The van der Waals surface area contributed by atoms with Crippen LogP contribution in [-0.4, -0.2) is 16.0 Å². The van der Waals surface area contributed by atoms with Crippen LogP contribution in [0.2, 0.25) is 0 Å². The number of aromatic nitrogens is 1. The van der Waals surface area contributed by atoms with Gasteiger partial charge in [0.2, 0.25) is 0 Å². The Labute approximate surface area is 119 Å². The number of halogens is 1. The maximum absolute atomic E-state index is 13.4. The monoisotopic (exact) mass is 292 g/mol. The van der Waals surface area contributed by atoms with Gasteiger partial charge in [-0.25, -0.2) is 9.82 Å². The summed E-state index contributed by atoms with van der Waals surface area (Å²) < 4.78 is 17.5. The van der Waals surface area contributed by atoms with Gasteiger partial charge in [-0.15, -0.1) is 0 Å². The van der Waals surface area contributed by atoms with Crippen LogP contribution in [0.15, 0.2) is 29.4 Å². The van der Waals surface area contributed by atoms with Crippen LogP contribution in [0.5, 0.6) is 0 Å². The van der Waals surface area contributed by atoms with E-state index < -0.39 is 11.7 Å². The lowest BCUT2D eigenvalue weighted by Gasteiger charge is -2.04. The van der Waals surface area contributed by atoms with Crippen LogP contribution < -0.4 is 11.2 Å². The number of nitrogens with zero attached hydrogens (tertiary/aromatic N) is 2. The number of nitrogens with two attached hydrogens (primary N) is 1. The predicted molar refractivity (Wildman–Crippen MR) is 77.3 cm³/mol. The fourth-order valence-electron chi connectivity index (χ4n) is 1.72. The zero-order chi connectivity index (χ0) is 14.7. The number of nitrogens with one attached hydrogen (secondary N) is 1. The number of benzene rings is 1. The van der Waals surface area contributed by atoms with E-state index in [4.69, 9.17) is 5.73 Å². The quantitative estimate of drug-likeness (QED) is 0.673. The third-order valence-corrected chi connectivity index (χ3v) is 3.46. The molecule has 7 heteroatoms. The Bertz CT molecular complexity index is 661. The zero-order valence-corrected chi connectivity index (χ0v) is 11.8. The lowest BCUT2D eigenvalue weighted by Crippen LogP contribution is -2.20. The number of hydrogen-bond acceptors (Lipinski definition) is 5. The van der Waals surface area contributed by atoms with Crippen LogP contribution in [0.1, 0.15) is 28.5 Å². The Morgan fingerprint density at radius 2 is 2.15 bits per heavy atom. The van der Waals surface area contributed by atoms with E-state index in [9.17, 15) is 9.18 Å². The summed E-state index contributed by atoms with van der Waals surface area (Å²) in [5.74, 6) is -1.20. The Kier molecular flexibility index (Phi) is 4.09. The third kappa shape index (κ3) is 2.83. The average Bonchev–Trinajstić information content (AvgIpc) is 2.76. The van der Waals surface area contributed by atoms with Gasteiger partial charge < -0.3 is 5.73 Å². The average molecular weight is 292 g/mol. The molecule has 3 N–H and O–H groups in total. The van der Waals surface area contributed by atoms with Gasteiger partial charge in [0.05, 0.1) is 22.5 Å². The summed E-state index contributed by atoms with van der Waals surface area (Å²) in [6.45, 7) is 3.51. The third-order valence-electron chi connectivity index (χ3n) is 2.69. The molecule has 0 aliphatic rings. The molecule has 0 aliphatic carbocycles. The summed E-state index contributed by atoms with van der Waals surface area (Å²) in [4.78, 5) is 11.8. The SMILES string of the molecule is C/C(=N/NC(=O)c1ccccc1F)c1c(C)nsc1N. The Morgan fingerprint density at radius 1 is 1.45 bits per heavy atom. The van der Waals surface area contributed by atoms with Gasteiger partial charge in [-0.3, -0.25) is 4.79 Å². The van der Waals surface area contributed by atoms with E-state index in [1.165, 1.54) is 29.7 Å². The Balaban J connectivity index is 2.18. The summed E-state index contributed by atoms with van der Waals surface area (Å²) in [5, 5.41) is 4.47. The lowest BCUT2D eigenvalue weighted by atomic mass is 10.2. The lowest BCUT2D eigenvalue weighted by molar-refractivity contribution is 0.0951. The predicted octanol–water partition coefficient (Wildman–Crippen LogP) is 2.33. The maximum atomic E-state index is 13.4. The van der Waals surface area contributed by atoms with Crippen molar-refractivity contribution in [3.05, 3.63) is 46.9 Å². The number of carbonyl (C=O) groups is 1. The van der Waals surface area contributed by atoms with E-state index in [-0.39, 0.29) is 5.56 Å². The molecule has 0 bridgehead atoms. The molecular weight excluding hydrogens is 279 g/mol. The van der Waals surface area contributed by atoms with E-state index in [1.807, 2.05) is 0 Å². The van der Waals surface area contributed by atoms with E-state index in [1.54, 1.807) is 19.9 Å². The summed E-state index contributed by atoms with van der Waals surface area (Å²) in [6, 6.07) is 5.71. The second kappa shape index (κ2) is 5.79. The number of carbonyl (C=O) groups excluding carboxylic acids is 1. The maximum Gasteiger partial charge on any atom is 0.274 e. The van der Waals surface area contributed by atoms with Crippen molar-refractivity contribution in [1.29, 1.82) is 0 Å². The van der Waals surface area contributed by atoms with Crippen LogP contribution >= 0.6 is 11.5 Å². The van der Waals surface area contributed by atoms with Crippen molar-refractivity contribution in [3.8, 4) is 0 Å². The minimum Gasteiger partial charge on any atom is -0.389 e. The largest absolute Gasteiger partial charge is 0.389 e. The highest BCUT2D eigenvalue weighted by Crippen LogP contribution is 2.21. The van der Waals surface area contributed by atoms with Crippen molar-refractivity contribution < 1.29 is 9.18 Å². The molecule has 2 rings (SSSR count). The normalized spacial score (nSPS) is 11.4. The molecule has 5 nitrogen and oxygen atoms in total. The number of nitrogen functional groups attached to an aromatic ring is 1. The van der Waals surface area contributed by atoms with Gasteiger partial charge >= 0.3 is 0 Å². The van der Waals surface area contributed by atoms with Gasteiger partial charge in [0.1, 0.15) is 10.8 Å². The molecule has 0 atom stereocenters. The van der Waals surface area contributed by atoms with Crippen LogP contribution in [0.25, 0.3) is 0 Å². The minimum atomic E-state index is -0.609. The van der Waals surface area contributed by atoms with Crippen molar-refractivity contribution in [2.24, 2.45) is 5.10 Å². The van der Waals surface area contributed by atoms with Gasteiger partial charge in [-0.1, -0.05) is 12.1 Å². The molecule has 0 aliphatic heterocycles. The molecule has 0 spiro atoms. The molecule has 2 aromatic rings. The highest BCUT2D eigenvalue weighted by molar-refractivity contribution is 7.10. The summed E-state index contributed by atoms with van der Waals surface area (Å²) in [6.07, 6.45) is 0. The number of hydrazone groups is 1. The van der Waals surface area contributed by atoms with Gasteiger partial charge in [-0.2, -0.15) is 9.47 Å². The topological polar surface area (TPSA) is 80.4 Å². The van der Waals surface area contributed by atoms with Crippen LogP contribution in [0, 0.1) is 12.7 Å². The fourth-order valence-corrected chi connectivity index (χ4v) is 2.44. The second-order valence-corrected chi connectivity index (χ2v) is 4.93. The number of hydrogen-bond donors (Lipinski definition) is 2. The van der Waals surface area contributed by atoms with Crippen LogP contribution in [-0.2, 0) is 0 Å². The number of amides is 1. The first-order valence-electron chi connectivity index (χ1n) is 5.82. The Hall–Kier alpha value is -2.28. The molecular formula is C13H13FN4OS. The van der Waals surface area contributed by atoms with E-state index in [0.29, 0.717) is 16.3 Å². The van der Waals surface area contributed by atoms with E-state index >= 15 is 0 Å². The van der Waals surface area contributed by atoms with Crippen molar-refractivity contribution in [1.82, 2.24) is 9.80 Å². The first-order valence-corrected chi connectivity index (χ1v) is 6.59. The van der Waals surface area contributed by atoms with Gasteiger partial charge in [-0.05, 0) is 37.5 Å². The fraction of sp³-hybridized carbons (Fsp3) is 0.154. The molecule has 0 unspecified atom stereocenters. The molecule has 20 heavy (non-hydrogen) atoms. The first-order chi connectivity index (χ1) is 9.50. The van der Waals surface area contributed by atoms with Crippen molar-refractivity contribution in [2.75, 3.05) is 5.73 Å². The number of anilines is 1. The van der Waals surface area contributed by atoms with Gasteiger partial charge in [0, 0.05) is 0 Å². The van der Waals surface area contributed by atoms with Crippen LogP contribution in [0.4, 0.5) is 9.39 Å². The smallest absolute Gasteiger partial charge is 0.274 e. The number of rotatable bonds is 3. The molecule has 1 amide bonds. The molecule has 0 saturated heterocycles. The first kappa shape index (κ1) is 14.1. The molecule has 0 saturated carbocycles. The molecule has 0 radical (unpaired) electrons. The van der Waals surface area contributed by atoms with Crippen molar-refractivity contribution >= 4 is 28.2 Å². The zero-order valence-electron chi connectivity index (χ0n) is 11.0. The molecule has 1 aromatic carbocycles. The van der Waals surface area contributed by atoms with Crippen molar-refractivity contribution in [3.63, 3.8) is 0 Å². The Morgan fingerprint density at radius 3 is 2.75 bits per heavy atom. The summed E-state index contributed by atoms with van der Waals surface area (Å²) >= 11 is 1.17. The highest BCUT2D eigenvalue weighted by atomic mass is 32.1. The van der Waals surface area contributed by atoms with Crippen LogP contribution in [0.3, 0.4) is 0 Å². The van der Waals surface area contributed by atoms with Crippen molar-refractivity contribution in [2.45, 2.75) is 13.8 Å². The highest BCUT2D eigenvalue weighted by Gasteiger charge is 2.13. The molecule has 0 fully saturated rings. The van der Waals surface area contributed by atoms with E-state index in [0.717, 1.165) is 5.69 Å². The second-order valence-electron chi connectivity index (χ2n) is 4.13.